The number of methoxy groups -OCH3 is 1. The van der Waals surface area contributed by atoms with Crippen LogP contribution in [0.2, 0.25) is 0 Å². The molecule has 1 N–H and O–H groups in total. The van der Waals surface area contributed by atoms with Crippen molar-refractivity contribution in [2.75, 3.05) is 31.8 Å². The molecule has 0 spiro atoms. The van der Waals surface area contributed by atoms with E-state index in [0.29, 0.717) is 42.3 Å². The first-order chi connectivity index (χ1) is 13.5. The number of carbonyl (C=O) groups is 1. The second-order valence-electron chi connectivity index (χ2n) is 6.52. The second kappa shape index (κ2) is 8.98. The minimum Gasteiger partial charge on any atom is -0.495 e. The first-order valence-corrected chi connectivity index (χ1v) is 11.7. The van der Waals surface area contributed by atoms with Gasteiger partial charge in [-0.1, -0.05) is 24.3 Å². The molecular formula is C20H24N2O4S2. The van der Waals surface area contributed by atoms with Gasteiger partial charge < -0.3 is 10.1 Å². The number of nitrogens with zero attached hydrogens (tertiary/aromatic N) is 1. The molecule has 28 heavy (non-hydrogen) atoms. The van der Waals surface area contributed by atoms with Gasteiger partial charge in [-0.15, -0.1) is 11.8 Å². The Bertz CT molecular complexity index is 939. The fraction of sp³-hybridized carbons (Fsp3) is 0.350. The number of rotatable bonds is 6. The lowest BCUT2D eigenvalue weighted by Crippen LogP contribution is -2.41. The maximum absolute atomic E-state index is 13.0. The summed E-state index contributed by atoms with van der Waals surface area (Å²) in [6.45, 7) is 0.657. The summed E-state index contributed by atoms with van der Waals surface area (Å²) >= 11 is 1.41. The van der Waals surface area contributed by atoms with Crippen LogP contribution in [0.4, 0.5) is 5.69 Å². The Morgan fingerprint density at radius 1 is 1.11 bits per heavy atom. The van der Waals surface area contributed by atoms with Crippen LogP contribution in [-0.2, 0) is 14.8 Å². The van der Waals surface area contributed by atoms with Crippen LogP contribution in [0.5, 0.6) is 5.75 Å². The third-order valence-electron chi connectivity index (χ3n) is 4.88. The van der Waals surface area contributed by atoms with Gasteiger partial charge in [-0.25, -0.2) is 8.42 Å². The summed E-state index contributed by atoms with van der Waals surface area (Å²) in [5, 5.41) is 2.90. The Balaban J connectivity index is 1.66. The molecule has 0 aliphatic carbocycles. The van der Waals surface area contributed by atoms with Crippen LogP contribution < -0.4 is 10.1 Å². The number of hydrogen-bond donors (Lipinski definition) is 1. The Morgan fingerprint density at radius 3 is 2.43 bits per heavy atom. The average Bonchev–Trinajstić information content (AvgIpc) is 2.74. The zero-order valence-electron chi connectivity index (χ0n) is 15.9. The summed E-state index contributed by atoms with van der Waals surface area (Å²) < 4.78 is 32.8. The molecule has 3 rings (SSSR count). The van der Waals surface area contributed by atoms with E-state index in [9.17, 15) is 13.2 Å². The van der Waals surface area contributed by atoms with Crippen molar-refractivity contribution in [3.05, 3.63) is 48.5 Å². The molecule has 1 amide bonds. The van der Waals surface area contributed by atoms with Crippen LogP contribution >= 0.6 is 11.8 Å². The van der Waals surface area contributed by atoms with Crippen molar-refractivity contribution in [2.45, 2.75) is 22.6 Å². The van der Waals surface area contributed by atoms with E-state index in [1.807, 2.05) is 30.5 Å². The molecule has 1 aliphatic heterocycles. The van der Waals surface area contributed by atoms with Gasteiger partial charge in [0.25, 0.3) is 0 Å². The van der Waals surface area contributed by atoms with E-state index in [4.69, 9.17) is 4.74 Å². The molecule has 1 heterocycles. The highest BCUT2D eigenvalue weighted by Crippen LogP contribution is 2.31. The lowest BCUT2D eigenvalue weighted by molar-refractivity contribution is -0.120. The Morgan fingerprint density at radius 2 is 1.75 bits per heavy atom. The number of hydrogen-bond acceptors (Lipinski definition) is 5. The third-order valence-corrected chi connectivity index (χ3v) is 7.76. The second-order valence-corrected chi connectivity index (χ2v) is 9.27. The normalized spacial score (nSPS) is 15.9. The largest absolute Gasteiger partial charge is 0.495 e. The monoisotopic (exact) mass is 420 g/mol. The molecule has 0 saturated carbocycles. The predicted octanol–water partition coefficient (Wildman–Crippen LogP) is 3.46. The fourth-order valence-corrected chi connectivity index (χ4v) is 5.90. The fourth-order valence-electron chi connectivity index (χ4n) is 3.31. The van der Waals surface area contributed by atoms with Crippen molar-refractivity contribution in [1.29, 1.82) is 0 Å². The molecule has 0 bridgehead atoms. The highest BCUT2D eigenvalue weighted by molar-refractivity contribution is 7.99. The Labute approximate surface area is 170 Å². The highest BCUT2D eigenvalue weighted by atomic mass is 32.2. The topological polar surface area (TPSA) is 75.7 Å². The van der Waals surface area contributed by atoms with E-state index in [1.165, 1.54) is 16.1 Å². The first-order valence-electron chi connectivity index (χ1n) is 9.04. The van der Waals surface area contributed by atoms with Gasteiger partial charge in [0.05, 0.1) is 17.7 Å². The highest BCUT2D eigenvalue weighted by Gasteiger charge is 2.33. The van der Waals surface area contributed by atoms with Crippen molar-refractivity contribution in [3.63, 3.8) is 0 Å². The minimum atomic E-state index is -3.56. The number of sulfonamides is 1. The van der Waals surface area contributed by atoms with Gasteiger partial charge >= 0.3 is 0 Å². The number of ether oxygens (including phenoxy) is 1. The van der Waals surface area contributed by atoms with Crippen molar-refractivity contribution in [1.82, 2.24) is 4.31 Å². The molecule has 150 valence electrons. The number of para-hydroxylation sites is 2. The quantitative estimate of drug-likeness (QED) is 0.725. The van der Waals surface area contributed by atoms with Crippen LogP contribution in [0, 0.1) is 5.92 Å². The van der Waals surface area contributed by atoms with Gasteiger partial charge in [0.2, 0.25) is 15.9 Å². The lowest BCUT2D eigenvalue weighted by Gasteiger charge is -2.31. The van der Waals surface area contributed by atoms with E-state index in [2.05, 4.69) is 5.32 Å². The van der Waals surface area contributed by atoms with Gasteiger partial charge in [-0.05, 0) is 43.4 Å². The number of piperidine rings is 1. The van der Waals surface area contributed by atoms with Gasteiger partial charge in [0, 0.05) is 23.9 Å². The molecule has 6 nitrogen and oxygen atoms in total. The molecule has 1 saturated heterocycles. The Hall–Kier alpha value is -2.03. The molecular weight excluding hydrogens is 396 g/mol. The van der Waals surface area contributed by atoms with Crippen LogP contribution in [0.1, 0.15) is 12.8 Å². The molecule has 1 aliphatic rings. The molecule has 0 unspecified atom stereocenters. The Kier molecular flexibility index (Phi) is 6.64. The van der Waals surface area contributed by atoms with Crippen molar-refractivity contribution < 1.29 is 17.9 Å². The maximum atomic E-state index is 13.0. The minimum absolute atomic E-state index is 0.105. The van der Waals surface area contributed by atoms with E-state index in [0.717, 1.165) is 4.90 Å². The van der Waals surface area contributed by atoms with Gasteiger partial charge in [-0.3, -0.25) is 4.79 Å². The number of carbonyl (C=O) groups excluding carboxylic acids is 1. The number of nitrogens with one attached hydrogen (secondary N) is 1. The van der Waals surface area contributed by atoms with Crippen LogP contribution in [-0.4, -0.2) is 45.1 Å². The molecule has 2 aromatic rings. The zero-order chi connectivity index (χ0) is 20.1. The summed E-state index contributed by atoms with van der Waals surface area (Å²) in [7, 11) is -2.01. The van der Waals surface area contributed by atoms with Crippen molar-refractivity contribution >= 4 is 33.4 Å². The van der Waals surface area contributed by atoms with E-state index in [1.54, 1.807) is 31.4 Å². The molecule has 0 aromatic heterocycles. The van der Waals surface area contributed by atoms with Crippen LogP contribution in [0.25, 0.3) is 0 Å². The van der Waals surface area contributed by atoms with E-state index < -0.39 is 10.0 Å². The van der Waals surface area contributed by atoms with Gasteiger partial charge in [0.1, 0.15) is 5.75 Å². The third kappa shape index (κ3) is 4.34. The standard InChI is InChI=1S/C20H24N2O4S2/c1-26-17-8-4-3-7-16(17)21-20(23)15-11-13-22(14-12-15)28(24,25)19-10-6-5-9-18(19)27-2/h3-10,15H,11-14H2,1-2H3,(H,21,23). The SMILES string of the molecule is COc1ccccc1NC(=O)C1CCN(S(=O)(=O)c2ccccc2SC)CC1. The first kappa shape index (κ1) is 20.7. The summed E-state index contributed by atoms with van der Waals surface area (Å²) in [6.07, 6.45) is 2.84. The number of benzene rings is 2. The molecule has 0 radical (unpaired) electrons. The number of amides is 1. The van der Waals surface area contributed by atoms with Gasteiger partial charge in [-0.2, -0.15) is 4.31 Å². The van der Waals surface area contributed by atoms with Gasteiger partial charge in [0.15, 0.2) is 0 Å². The molecule has 0 atom stereocenters. The smallest absolute Gasteiger partial charge is 0.244 e. The lowest BCUT2D eigenvalue weighted by atomic mass is 9.97. The van der Waals surface area contributed by atoms with Crippen molar-refractivity contribution in [2.24, 2.45) is 5.92 Å². The summed E-state index contributed by atoms with van der Waals surface area (Å²) in [6, 6.07) is 14.3. The van der Waals surface area contributed by atoms with E-state index in [-0.39, 0.29) is 11.8 Å². The number of anilines is 1. The average molecular weight is 421 g/mol. The van der Waals surface area contributed by atoms with Crippen LogP contribution in [0.15, 0.2) is 58.3 Å². The van der Waals surface area contributed by atoms with Crippen LogP contribution in [0.3, 0.4) is 0 Å². The summed E-state index contributed by atoms with van der Waals surface area (Å²) in [4.78, 5) is 13.7. The maximum Gasteiger partial charge on any atom is 0.244 e. The number of thioether (sulfide) groups is 1. The molecule has 8 heteroatoms. The summed E-state index contributed by atoms with van der Waals surface area (Å²) in [5.74, 6) is 0.266. The zero-order valence-corrected chi connectivity index (χ0v) is 17.6. The summed E-state index contributed by atoms with van der Waals surface area (Å²) in [5.41, 5.74) is 0.624. The molecule has 2 aromatic carbocycles. The predicted molar refractivity (Wildman–Crippen MR) is 111 cm³/mol. The van der Waals surface area contributed by atoms with E-state index >= 15 is 0 Å². The molecule has 1 fully saturated rings. The van der Waals surface area contributed by atoms with Crippen molar-refractivity contribution in [3.8, 4) is 5.75 Å².